The van der Waals surface area contributed by atoms with Gasteiger partial charge in [-0.15, -0.1) is 0 Å². The van der Waals surface area contributed by atoms with Gasteiger partial charge in [0.2, 0.25) is 0 Å². The summed E-state index contributed by atoms with van der Waals surface area (Å²) < 4.78 is 13.6. The standard InChI is InChI=1S/C10H13N5O4.C10H12N4O5.C5H4N4O/c11-8-5-9(13-2-12-8)15(3-14-5)10-7(18)6(17)4(1-16)19-10;15-1-4-6(16)7(17)10(19-4)14-3-13-5-8(14)11-2-12-9(5)18;10-5-3-4(7-1-6-3)8-2-9-5/h2-4,6-7,10,16-18H,1H2,(H2,11,12,13);2-4,6-7,10,15-17H,1H2,(H,11,12,18);1-2H,(H2,6,7,8,9,10)/t2*4-,6-,7-,10-;/m11./s1. The van der Waals surface area contributed by atoms with E-state index >= 15 is 0 Å². The molecule has 48 heavy (non-hydrogen) atoms. The molecule has 2 fully saturated rings. The van der Waals surface area contributed by atoms with E-state index in [1.54, 1.807) is 0 Å². The summed E-state index contributed by atoms with van der Waals surface area (Å²) in [6, 6.07) is 0. The highest BCUT2D eigenvalue weighted by atomic mass is 16.6. The number of anilines is 1. The molecule has 11 N–H and O–H groups in total. The second-order valence-electron chi connectivity index (χ2n) is 10.4. The molecule has 6 aromatic heterocycles. The minimum atomic E-state index is -1.24. The summed E-state index contributed by atoms with van der Waals surface area (Å²) in [4.78, 5) is 57.2. The Balaban J connectivity index is 0.000000132. The van der Waals surface area contributed by atoms with Gasteiger partial charge in [-0.3, -0.25) is 18.7 Å². The van der Waals surface area contributed by atoms with Crippen LogP contribution in [0.25, 0.3) is 33.5 Å². The van der Waals surface area contributed by atoms with Crippen molar-refractivity contribution in [2.75, 3.05) is 18.9 Å². The summed E-state index contributed by atoms with van der Waals surface area (Å²) >= 11 is 0. The molecule has 0 amide bonds. The predicted molar refractivity (Wildman–Crippen MR) is 158 cm³/mol. The highest BCUT2D eigenvalue weighted by Gasteiger charge is 2.45. The largest absolute Gasteiger partial charge is 0.394 e. The molecule has 6 aromatic rings. The van der Waals surface area contributed by atoms with E-state index < -0.39 is 67.9 Å². The molecule has 0 spiro atoms. The van der Waals surface area contributed by atoms with Crippen LogP contribution in [0, 0.1) is 0 Å². The molecule has 8 rings (SSSR count). The fourth-order valence-electron chi connectivity index (χ4n) is 5.10. The Kier molecular flexibility index (Phi) is 9.16. The number of imidazole rings is 3. The number of nitrogens with two attached hydrogens (primary N) is 1. The van der Waals surface area contributed by atoms with Gasteiger partial charge in [0.05, 0.1) is 44.9 Å². The maximum absolute atomic E-state index is 11.5. The first-order valence-corrected chi connectivity index (χ1v) is 14.1. The van der Waals surface area contributed by atoms with Crippen LogP contribution in [-0.4, -0.2) is 139 Å². The number of hydrogen-bond acceptors (Lipinski definition) is 18. The van der Waals surface area contributed by atoms with E-state index in [0.717, 1.165) is 0 Å². The zero-order chi connectivity index (χ0) is 34.1. The third-order valence-electron chi connectivity index (χ3n) is 7.56. The number of nitrogens with zero attached hydrogens (tertiary/aromatic N) is 9. The van der Waals surface area contributed by atoms with Gasteiger partial charge in [0.15, 0.2) is 46.2 Å². The second kappa shape index (κ2) is 13.5. The Morgan fingerprint density at radius 3 is 1.75 bits per heavy atom. The smallest absolute Gasteiger partial charge is 0.278 e. The van der Waals surface area contributed by atoms with Gasteiger partial charge in [-0.2, -0.15) is 0 Å². The van der Waals surface area contributed by atoms with Crippen LogP contribution >= 0.6 is 0 Å². The lowest BCUT2D eigenvalue weighted by Crippen LogP contribution is -2.33. The number of aromatic amines is 3. The fraction of sp³-hybridized carbons (Fsp3) is 0.400. The minimum Gasteiger partial charge on any atom is -0.394 e. The number of H-pyrrole nitrogens is 3. The first-order valence-electron chi connectivity index (χ1n) is 14.1. The molecule has 0 aliphatic carbocycles. The number of aromatic nitrogens is 12. The van der Waals surface area contributed by atoms with Crippen molar-refractivity contribution < 1.29 is 40.1 Å². The van der Waals surface area contributed by atoms with Crippen LogP contribution in [0.5, 0.6) is 0 Å². The fourth-order valence-corrected chi connectivity index (χ4v) is 5.10. The summed E-state index contributed by atoms with van der Waals surface area (Å²) in [7, 11) is 0. The Morgan fingerprint density at radius 2 is 1.19 bits per heavy atom. The number of ether oxygens (including phenoxy) is 2. The molecule has 0 unspecified atom stereocenters. The van der Waals surface area contributed by atoms with Crippen molar-refractivity contribution in [1.29, 1.82) is 0 Å². The van der Waals surface area contributed by atoms with Crippen molar-refractivity contribution in [2.45, 2.75) is 49.1 Å². The van der Waals surface area contributed by atoms with Gasteiger partial charge < -0.3 is 60.8 Å². The number of hydrogen-bond donors (Lipinski definition) is 10. The quantitative estimate of drug-likeness (QED) is 0.0842. The van der Waals surface area contributed by atoms with Crippen molar-refractivity contribution >= 4 is 39.3 Å². The molecule has 2 aliphatic heterocycles. The van der Waals surface area contributed by atoms with Crippen LogP contribution in [-0.2, 0) is 9.47 Å². The Hall–Kier alpha value is -5.27. The van der Waals surface area contributed by atoms with Crippen LogP contribution in [0.4, 0.5) is 5.82 Å². The maximum atomic E-state index is 11.5. The topological polar surface area (TPSA) is 347 Å². The lowest BCUT2D eigenvalue weighted by molar-refractivity contribution is -0.0511. The number of fused-ring (bicyclic) bond motifs is 3. The third kappa shape index (κ3) is 5.86. The third-order valence-corrected chi connectivity index (χ3v) is 7.56. The summed E-state index contributed by atoms with van der Waals surface area (Å²) in [5, 5.41) is 57.4. The number of aliphatic hydroxyl groups is 6. The van der Waals surface area contributed by atoms with Gasteiger partial charge in [-0.05, 0) is 0 Å². The molecular weight excluding hydrogens is 642 g/mol. The summed E-state index contributed by atoms with van der Waals surface area (Å²) in [5.41, 5.74) is 7.06. The molecule has 2 aliphatic rings. The van der Waals surface area contributed by atoms with Crippen LogP contribution in [0.15, 0.2) is 47.6 Å². The lowest BCUT2D eigenvalue weighted by Gasteiger charge is -2.16. The number of nitrogen functional groups attached to an aromatic ring is 1. The first kappa shape index (κ1) is 32.7. The number of rotatable bonds is 4. The van der Waals surface area contributed by atoms with E-state index in [4.69, 9.17) is 25.4 Å². The van der Waals surface area contributed by atoms with Crippen LogP contribution in [0.2, 0.25) is 0 Å². The molecule has 23 heteroatoms. The molecule has 8 atom stereocenters. The molecule has 0 bridgehead atoms. The SMILES string of the molecule is Nc1ncnc2c1ncn2[C@@H]1O[C@H](CO)[C@@H](O)[C@H]1O.O=c1[nH]cnc2c1ncn2[C@@H]1O[C@H](CO)[C@@H](O)[C@H]1O.O=c1[nH]cnc2nc[nH]c12. The van der Waals surface area contributed by atoms with E-state index in [2.05, 4.69) is 49.8 Å². The molecule has 8 heterocycles. The highest BCUT2D eigenvalue weighted by molar-refractivity contribution is 5.81. The summed E-state index contributed by atoms with van der Waals surface area (Å²) in [6.45, 7) is -0.812. The molecule has 254 valence electrons. The molecule has 23 nitrogen and oxygen atoms in total. The summed E-state index contributed by atoms with van der Waals surface area (Å²) in [5.74, 6) is 0.218. The molecule has 0 radical (unpaired) electrons. The van der Waals surface area contributed by atoms with Crippen molar-refractivity contribution in [3.63, 3.8) is 0 Å². The van der Waals surface area contributed by atoms with E-state index in [9.17, 15) is 30.0 Å². The van der Waals surface area contributed by atoms with E-state index in [1.165, 1.54) is 47.1 Å². The Morgan fingerprint density at radius 1 is 0.667 bits per heavy atom. The Labute approximate surface area is 265 Å². The van der Waals surface area contributed by atoms with Gasteiger partial charge >= 0.3 is 0 Å². The van der Waals surface area contributed by atoms with Crippen molar-refractivity contribution in [3.8, 4) is 0 Å². The van der Waals surface area contributed by atoms with Gasteiger partial charge in [0.1, 0.15) is 48.5 Å². The van der Waals surface area contributed by atoms with Crippen LogP contribution < -0.4 is 16.9 Å². The van der Waals surface area contributed by atoms with Crippen LogP contribution in [0.3, 0.4) is 0 Å². The van der Waals surface area contributed by atoms with E-state index in [1.807, 2.05) is 0 Å². The van der Waals surface area contributed by atoms with Gasteiger partial charge in [0, 0.05) is 0 Å². The minimum absolute atomic E-state index is 0.111. The molecule has 0 aromatic carbocycles. The average Bonchev–Trinajstić information content (AvgIpc) is 3.92. The highest BCUT2D eigenvalue weighted by Crippen LogP contribution is 2.32. The van der Waals surface area contributed by atoms with Crippen molar-refractivity contribution in [1.82, 2.24) is 59.0 Å². The zero-order valence-electron chi connectivity index (χ0n) is 24.4. The second-order valence-corrected chi connectivity index (χ2v) is 10.4. The van der Waals surface area contributed by atoms with E-state index in [0.29, 0.717) is 22.3 Å². The first-order chi connectivity index (χ1) is 23.1. The maximum Gasteiger partial charge on any atom is 0.278 e. The van der Waals surface area contributed by atoms with Crippen molar-refractivity contribution in [3.05, 3.63) is 58.7 Å². The van der Waals surface area contributed by atoms with Crippen LogP contribution in [0.1, 0.15) is 12.5 Å². The molecule has 2 saturated heterocycles. The normalized spacial score (nSPS) is 26.8. The monoisotopic (exact) mass is 671 g/mol. The van der Waals surface area contributed by atoms with Gasteiger partial charge in [0.25, 0.3) is 11.1 Å². The zero-order valence-corrected chi connectivity index (χ0v) is 24.4. The van der Waals surface area contributed by atoms with Crippen molar-refractivity contribution in [2.24, 2.45) is 0 Å². The van der Waals surface area contributed by atoms with Gasteiger partial charge in [-0.1, -0.05) is 0 Å². The molecule has 0 saturated carbocycles. The average molecular weight is 672 g/mol. The lowest BCUT2D eigenvalue weighted by atomic mass is 10.1. The number of nitrogens with one attached hydrogen (secondary N) is 3. The van der Waals surface area contributed by atoms with Gasteiger partial charge in [-0.25, -0.2) is 34.9 Å². The Bertz CT molecular complexity index is 2130. The summed E-state index contributed by atoms with van der Waals surface area (Å²) in [6.07, 6.45) is -0.445. The van der Waals surface area contributed by atoms with E-state index in [-0.39, 0.29) is 22.5 Å². The number of aliphatic hydroxyl groups excluding tert-OH is 6. The molecular formula is C25H29N13O10. The predicted octanol–water partition coefficient (Wildman–Crippen LogP) is -4.60.